The molecule has 0 radical (unpaired) electrons. The number of nitro groups is 1. The Hall–Kier alpha value is -5.14. The molecule has 3 aromatic rings. The number of nitro benzene ring substituents is 1. The number of nitrogens with one attached hydrogen (secondary N) is 2. The van der Waals surface area contributed by atoms with Gasteiger partial charge in [-0.1, -0.05) is 0 Å². The van der Waals surface area contributed by atoms with Gasteiger partial charge in [0.15, 0.2) is 5.71 Å². The van der Waals surface area contributed by atoms with Crippen LogP contribution in [0.3, 0.4) is 0 Å². The van der Waals surface area contributed by atoms with E-state index in [-0.39, 0.29) is 22.4 Å². The maximum atomic E-state index is 13.2. The number of fused-ring (bicyclic) bond motifs is 1. The van der Waals surface area contributed by atoms with E-state index in [0.717, 1.165) is 19.2 Å². The van der Waals surface area contributed by atoms with Gasteiger partial charge in [-0.25, -0.2) is 9.78 Å². The summed E-state index contributed by atoms with van der Waals surface area (Å²) in [6, 6.07) is 9.53. The van der Waals surface area contributed by atoms with Gasteiger partial charge in [0, 0.05) is 17.8 Å². The van der Waals surface area contributed by atoms with Crippen molar-refractivity contribution >= 4 is 45.8 Å². The Morgan fingerprint density at radius 3 is 2.50 bits per heavy atom. The van der Waals surface area contributed by atoms with E-state index >= 15 is 0 Å². The van der Waals surface area contributed by atoms with Gasteiger partial charge >= 0.3 is 5.97 Å². The molecular weight excluding hydrogens is 476 g/mol. The number of aromatic nitrogens is 2. The second-order valence-electron chi connectivity index (χ2n) is 7.12. The first-order valence-corrected chi connectivity index (χ1v) is 10.3. The molecule has 14 heteroatoms. The molecule has 0 bridgehead atoms. The number of aromatic amines is 1. The maximum absolute atomic E-state index is 13.2. The number of nitrogens with two attached hydrogens (primary N) is 1. The number of non-ortho nitro benzene ring substituents is 1. The lowest BCUT2D eigenvalue weighted by molar-refractivity contribution is -0.384. The molecule has 4 N–H and O–H groups in total. The molecule has 0 aliphatic carbocycles. The van der Waals surface area contributed by atoms with Crippen LogP contribution in [-0.2, 0) is 19.1 Å². The number of ether oxygens (including phenoxy) is 2. The van der Waals surface area contributed by atoms with Gasteiger partial charge in [-0.15, -0.1) is 0 Å². The molecular formula is C22H20N6O8. The van der Waals surface area contributed by atoms with Gasteiger partial charge in [-0.05, 0) is 37.3 Å². The van der Waals surface area contributed by atoms with Crippen LogP contribution in [0.2, 0.25) is 0 Å². The first-order valence-electron chi connectivity index (χ1n) is 10.3. The molecule has 0 unspecified atom stereocenters. The average molecular weight is 496 g/mol. The molecule has 0 fully saturated rings. The van der Waals surface area contributed by atoms with Crippen LogP contribution in [0.1, 0.15) is 18.5 Å². The zero-order valence-corrected chi connectivity index (χ0v) is 19.0. The van der Waals surface area contributed by atoms with Crippen molar-refractivity contribution in [2.45, 2.75) is 12.8 Å². The molecule has 2 aromatic carbocycles. The lowest BCUT2D eigenvalue weighted by Gasteiger charge is -2.15. The second-order valence-corrected chi connectivity index (χ2v) is 7.12. The Morgan fingerprint density at radius 2 is 1.92 bits per heavy atom. The Labute approximate surface area is 202 Å². The van der Waals surface area contributed by atoms with E-state index in [1.165, 1.54) is 18.2 Å². The number of H-pyrrole nitrogens is 1. The van der Waals surface area contributed by atoms with Crippen LogP contribution in [-0.4, -0.2) is 52.0 Å². The summed E-state index contributed by atoms with van der Waals surface area (Å²) in [7, 11) is 0.992. The van der Waals surface area contributed by atoms with E-state index in [1.54, 1.807) is 19.1 Å². The molecule has 1 amide bonds. The summed E-state index contributed by atoms with van der Waals surface area (Å²) in [5.74, 6) is 0.267. The Balaban J connectivity index is 2.05. The Morgan fingerprint density at radius 1 is 1.22 bits per heavy atom. The minimum Gasteiger partial charge on any atom is -0.494 e. The molecule has 0 saturated heterocycles. The molecule has 0 aliphatic heterocycles. The smallest absolute Gasteiger partial charge is 0.355 e. The molecule has 0 aliphatic rings. The van der Waals surface area contributed by atoms with Gasteiger partial charge in [-0.3, -0.25) is 24.5 Å². The number of amides is 1. The van der Waals surface area contributed by atoms with Crippen molar-refractivity contribution < 1.29 is 28.8 Å². The summed E-state index contributed by atoms with van der Waals surface area (Å²) >= 11 is 0. The van der Waals surface area contributed by atoms with E-state index in [4.69, 9.17) is 10.6 Å². The summed E-state index contributed by atoms with van der Waals surface area (Å²) in [6.45, 7) is 2.23. The molecule has 36 heavy (non-hydrogen) atoms. The van der Waals surface area contributed by atoms with E-state index in [1.807, 2.05) is 0 Å². The third-order valence-corrected chi connectivity index (χ3v) is 4.90. The molecule has 186 valence electrons. The number of hydrogen-bond donors (Lipinski definition) is 3. The predicted molar refractivity (Wildman–Crippen MR) is 127 cm³/mol. The average Bonchev–Trinajstić information content (AvgIpc) is 2.87. The van der Waals surface area contributed by atoms with Crippen LogP contribution in [0.4, 0.5) is 11.4 Å². The number of hydrogen-bond acceptors (Lipinski definition) is 11. The van der Waals surface area contributed by atoms with Gasteiger partial charge in [0.05, 0.1) is 29.7 Å². The normalized spacial score (nSPS) is 12.0. The zero-order valence-electron chi connectivity index (χ0n) is 19.0. The third kappa shape index (κ3) is 5.32. The molecule has 0 saturated carbocycles. The summed E-state index contributed by atoms with van der Waals surface area (Å²) < 4.78 is 9.92. The van der Waals surface area contributed by atoms with Crippen LogP contribution in [0.15, 0.2) is 52.4 Å². The first-order chi connectivity index (χ1) is 17.2. The largest absolute Gasteiger partial charge is 0.494 e. The number of benzene rings is 2. The van der Waals surface area contributed by atoms with E-state index in [0.29, 0.717) is 12.4 Å². The Bertz CT molecular complexity index is 1430. The predicted octanol–water partition coefficient (Wildman–Crippen LogP) is 1.01. The number of methoxy groups -OCH3 is 1. The number of rotatable bonds is 9. The van der Waals surface area contributed by atoms with E-state index in [9.17, 15) is 29.3 Å². The fourth-order valence-corrected chi connectivity index (χ4v) is 3.25. The number of nitrogens with zero attached hydrogens (tertiary/aromatic N) is 3. The van der Waals surface area contributed by atoms with Crippen molar-refractivity contribution in [3.63, 3.8) is 0 Å². The van der Waals surface area contributed by atoms with Crippen molar-refractivity contribution in [3.8, 4) is 5.75 Å². The van der Waals surface area contributed by atoms with Crippen LogP contribution >= 0.6 is 0 Å². The highest BCUT2D eigenvalue weighted by molar-refractivity contribution is 6.53. The van der Waals surface area contributed by atoms with Crippen LogP contribution in [0, 0.1) is 10.1 Å². The van der Waals surface area contributed by atoms with Gasteiger partial charge in [0.2, 0.25) is 5.78 Å². The fraction of sp³-hybridized carbons (Fsp3) is 0.182. The molecule has 3 rings (SSSR count). The van der Waals surface area contributed by atoms with Gasteiger partial charge in [0.25, 0.3) is 17.2 Å². The van der Waals surface area contributed by atoms with Crippen molar-refractivity contribution in [2.75, 3.05) is 19.0 Å². The second kappa shape index (κ2) is 10.9. The van der Waals surface area contributed by atoms with Crippen molar-refractivity contribution in [2.24, 2.45) is 10.9 Å². The molecule has 0 spiro atoms. The van der Waals surface area contributed by atoms with E-state index in [2.05, 4.69) is 25.1 Å². The number of carbonyl (C=O) groups is 3. The molecule has 1 atom stereocenters. The quantitative estimate of drug-likeness (QED) is 0.0955. The maximum Gasteiger partial charge on any atom is 0.355 e. The number of Topliss-reactive ketones (excluding diaryl/α,β-unsaturated/α-hetero) is 1. The zero-order chi connectivity index (χ0) is 26.4. The lowest BCUT2D eigenvalue weighted by atomic mass is 9.93. The monoisotopic (exact) mass is 496 g/mol. The summed E-state index contributed by atoms with van der Waals surface area (Å²) in [5.41, 5.74) is -2.38. The number of ketones is 1. The third-order valence-electron chi connectivity index (χ3n) is 4.90. The molecule has 14 nitrogen and oxygen atoms in total. The number of carbonyl (C=O) groups excluding carboxylic acids is 3. The molecule has 1 aromatic heterocycles. The van der Waals surface area contributed by atoms with Crippen LogP contribution in [0.25, 0.3) is 11.0 Å². The Kier molecular flexibility index (Phi) is 7.69. The lowest BCUT2D eigenvalue weighted by Crippen LogP contribution is -2.40. The summed E-state index contributed by atoms with van der Waals surface area (Å²) in [5, 5.41) is 16.7. The van der Waals surface area contributed by atoms with Crippen LogP contribution in [0.5, 0.6) is 5.75 Å². The standard InChI is InChI=1S/C22H20N6O8/c1-3-36-13-7-4-11(5-8-13)24-21(31)19(29)16(18(27-23)22(32)35-2)17-20(30)26-15-10-12(28(33)34)6-9-14(15)25-17/h4-10,16H,3,23H2,1-2H3,(H,24,31)(H,26,30)/b27-18-/t16-/m1/s1. The SMILES string of the molecule is CCOc1ccc(NC(=O)C(=O)[C@@H](/C(=N/N)C(=O)OC)c2nc3ccc([N+](=O)[O-])cc3[nH]c2=O)cc1. The van der Waals surface area contributed by atoms with Crippen molar-refractivity contribution in [3.05, 3.63) is 68.6 Å². The highest BCUT2D eigenvalue weighted by Crippen LogP contribution is 2.22. The minimum absolute atomic E-state index is 0.00714. The van der Waals surface area contributed by atoms with Gasteiger partial charge in [-0.2, -0.15) is 5.10 Å². The van der Waals surface area contributed by atoms with E-state index < -0.39 is 45.5 Å². The van der Waals surface area contributed by atoms with Crippen LogP contribution < -0.4 is 21.5 Å². The highest BCUT2D eigenvalue weighted by Gasteiger charge is 2.39. The van der Waals surface area contributed by atoms with Crippen molar-refractivity contribution in [1.29, 1.82) is 0 Å². The van der Waals surface area contributed by atoms with Crippen molar-refractivity contribution in [1.82, 2.24) is 9.97 Å². The highest BCUT2D eigenvalue weighted by atomic mass is 16.6. The fourth-order valence-electron chi connectivity index (χ4n) is 3.25. The summed E-state index contributed by atoms with van der Waals surface area (Å²) in [6.07, 6.45) is 0. The number of hydrazone groups is 1. The topological polar surface area (TPSA) is 209 Å². The minimum atomic E-state index is -1.94. The first kappa shape index (κ1) is 25.5. The number of anilines is 1. The molecule has 1 heterocycles. The van der Waals surface area contributed by atoms with Gasteiger partial charge < -0.3 is 25.6 Å². The number of esters is 1. The van der Waals surface area contributed by atoms with Gasteiger partial charge in [0.1, 0.15) is 17.4 Å². The summed E-state index contributed by atoms with van der Waals surface area (Å²) in [4.78, 5) is 67.9.